The van der Waals surface area contributed by atoms with Crippen LogP contribution in [0.25, 0.3) is 0 Å². The first kappa shape index (κ1) is 12.4. The van der Waals surface area contributed by atoms with Gasteiger partial charge in [0.05, 0.1) is 0 Å². The van der Waals surface area contributed by atoms with Crippen molar-refractivity contribution in [2.24, 2.45) is 23.5 Å². The number of nitrogens with zero attached hydrogens (tertiary/aromatic N) is 1. The summed E-state index contributed by atoms with van der Waals surface area (Å²) in [7, 11) is 0. The Hall–Kier alpha value is -0.0800. The lowest BCUT2D eigenvalue weighted by atomic mass is 9.76. The van der Waals surface area contributed by atoms with Crippen LogP contribution >= 0.6 is 0 Å². The molecule has 0 spiro atoms. The fraction of sp³-hybridized carbons (Fsp3) is 1.00. The summed E-state index contributed by atoms with van der Waals surface area (Å²) < 4.78 is 0. The van der Waals surface area contributed by atoms with Gasteiger partial charge in [-0.15, -0.1) is 0 Å². The normalized spacial score (nSPS) is 50.8. The van der Waals surface area contributed by atoms with Crippen LogP contribution in [0.1, 0.15) is 47.0 Å². The van der Waals surface area contributed by atoms with E-state index in [0.29, 0.717) is 12.1 Å². The summed E-state index contributed by atoms with van der Waals surface area (Å²) in [6, 6.07) is 1.77. The van der Waals surface area contributed by atoms with Gasteiger partial charge in [0, 0.05) is 24.7 Å². The Kier molecular flexibility index (Phi) is 3.60. The third-order valence-electron chi connectivity index (χ3n) is 4.69. The summed E-state index contributed by atoms with van der Waals surface area (Å²) in [5, 5.41) is 0. The Morgan fingerprint density at radius 2 is 1.62 bits per heavy atom. The number of rotatable bonds is 1. The number of nitrogens with two attached hydrogens (primary N) is 1. The van der Waals surface area contributed by atoms with Gasteiger partial charge < -0.3 is 5.73 Å². The molecule has 94 valence electrons. The minimum Gasteiger partial charge on any atom is -0.326 e. The maximum Gasteiger partial charge on any atom is 0.0275 e. The van der Waals surface area contributed by atoms with E-state index in [-0.39, 0.29) is 0 Å². The van der Waals surface area contributed by atoms with E-state index in [2.05, 4.69) is 32.6 Å². The molecule has 0 bridgehead atoms. The summed E-state index contributed by atoms with van der Waals surface area (Å²) >= 11 is 0. The topological polar surface area (TPSA) is 29.3 Å². The Morgan fingerprint density at radius 3 is 2.12 bits per heavy atom. The van der Waals surface area contributed by atoms with Crippen LogP contribution in [-0.2, 0) is 0 Å². The van der Waals surface area contributed by atoms with Crippen LogP contribution in [-0.4, -0.2) is 29.6 Å². The van der Waals surface area contributed by atoms with Crippen LogP contribution in [0.2, 0.25) is 0 Å². The van der Waals surface area contributed by atoms with Crippen molar-refractivity contribution in [1.82, 2.24) is 4.90 Å². The first-order chi connectivity index (χ1) is 7.49. The quantitative estimate of drug-likeness (QED) is 0.741. The summed E-state index contributed by atoms with van der Waals surface area (Å²) in [5.74, 6) is 2.44. The fourth-order valence-electron chi connectivity index (χ4n) is 4.22. The van der Waals surface area contributed by atoms with Crippen LogP contribution in [0.5, 0.6) is 0 Å². The first-order valence-electron chi connectivity index (χ1n) is 7.00. The minimum absolute atomic E-state index is 0.395. The smallest absolute Gasteiger partial charge is 0.0275 e. The zero-order chi connectivity index (χ0) is 11.9. The third-order valence-corrected chi connectivity index (χ3v) is 4.69. The summed E-state index contributed by atoms with van der Waals surface area (Å²) in [6.45, 7) is 10.8. The molecule has 6 unspecified atom stereocenters. The number of hydrogen-bond donors (Lipinski definition) is 1. The van der Waals surface area contributed by atoms with Gasteiger partial charge in [-0.25, -0.2) is 0 Å². The monoisotopic (exact) mass is 224 g/mol. The van der Waals surface area contributed by atoms with Gasteiger partial charge in [-0.2, -0.15) is 0 Å². The number of likely N-dealkylation sites (tertiary alicyclic amines) is 1. The lowest BCUT2D eigenvalue weighted by Crippen LogP contribution is -2.55. The molecule has 0 radical (unpaired) electrons. The first-order valence-corrected chi connectivity index (χ1v) is 7.00. The highest BCUT2D eigenvalue weighted by Crippen LogP contribution is 2.36. The molecule has 2 fully saturated rings. The van der Waals surface area contributed by atoms with E-state index in [1.807, 2.05) is 0 Å². The van der Waals surface area contributed by atoms with Crippen LogP contribution in [0, 0.1) is 17.8 Å². The lowest BCUT2D eigenvalue weighted by Gasteiger charge is -2.44. The van der Waals surface area contributed by atoms with Gasteiger partial charge in [-0.05, 0) is 43.9 Å². The second-order valence-electron chi connectivity index (χ2n) is 6.59. The van der Waals surface area contributed by atoms with E-state index in [0.717, 1.165) is 23.8 Å². The van der Waals surface area contributed by atoms with E-state index < -0.39 is 0 Å². The van der Waals surface area contributed by atoms with Crippen molar-refractivity contribution in [1.29, 1.82) is 0 Å². The molecule has 2 aliphatic rings. The lowest BCUT2D eigenvalue weighted by molar-refractivity contribution is 0.0689. The van der Waals surface area contributed by atoms with E-state index in [4.69, 9.17) is 5.73 Å². The highest BCUT2D eigenvalue weighted by Gasteiger charge is 2.40. The summed E-state index contributed by atoms with van der Waals surface area (Å²) in [5.41, 5.74) is 6.41. The number of hydrogen-bond acceptors (Lipinski definition) is 2. The van der Waals surface area contributed by atoms with Gasteiger partial charge in [-0.1, -0.05) is 20.8 Å². The van der Waals surface area contributed by atoms with Crippen molar-refractivity contribution >= 4 is 0 Å². The van der Waals surface area contributed by atoms with Crippen molar-refractivity contribution in [3.8, 4) is 0 Å². The van der Waals surface area contributed by atoms with Gasteiger partial charge in [0.15, 0.2) is 0 Å². The Morgan fingerprint density at radius 1 is 0.938 bits per heavy atom. The average molecular weight is 224 g/mol. The Labute approximate surface area is 101 Å². The molecule has 0 amide bonds. The Bertz CT molecular complexity index is 229. The molecular weight excluding hydrogens is 196 g/mol. The molecule has 1 saturated heterocycles. The molecule has 6 atom stereocenters. The molecule has 0 aromatic carbocycles. The van der Waals surface area contributed by atoms with Crippen LogP contribution < -0.4 is 5.73 Å². The molecule has 2 rings (SSSR count). The van der Waals surface area contributed by atoms with Gasteiger partial charge in [0.2, 0.25) is 0 Å². The molecule has 1 aliphatic heterocycles. The maximum atomic E-state index is 6.41. The maximum absolute atomic E-state index is 6.41. The fourth-order valence-corrected chi connectivity index (χ4v) is 4.22. The summed E-state index contributed by atoms with van der Waals surface area (Å²) in [6.07, 6.45) is 3.92. The van der Waals surface area contributed by atoms with Gasteiger partial charge in [-0.3, -0.25) is 4.90 Å². The largest absolute Gasteiger partial charge is 0.326 e. The molecule has 1 aliphatic carbocycles. The van der Waals surface area contributed by atoms with Crippen molar-refractivity contribution in [2.45, 2.75) is 65.1 Å². The highest BCUT2D eigenvalue weighted by atomic mass is 15.2. The second kappa shape index (κ2) is 4.66. The molecule has 2 N–H and O–H groups in total. The highest BCUT2D eigenvalue weighted by molar-refractivity contribution is 4.96. The minimum atomic E-state index is 0.395. The molecule has 2 nitrogen and oxygen atoms in total. The van der Waals surface area contributed by atoms with E-state index >= 15 is 0 Å². The molecule has 2 heteroatoms. The zero-order valence-corrected chi connectivity index (χ0v) is 11.3. The van der Waals surface area contributed by atoms with E-state index in [1.54, 1.807) is 0 Å². The van der Waals surface area contributed by atoms with Crippen molar-refractivity contribution in [3.05, 3.63) is 0 Å². The molecule has 1 saturated carbocycles. The van der Waals surface area contributed by atoms with Crippen molar-refractivity contribution in [2.75, 3.05) is 6.54 Å². The van der Waals surface area contributed by atoms with Crippen LogP contribution in [0.3, 0.4) is 0 Å². The molecule has 16 heavy (non-hydrogen) atoms. The van der Waals surface area contributed by atoms with E-state index in [1.165, 1.54) is 25.8 Å². The third kappa shape index (κ3) is 2.28. The predicted molar refractivity (Wildman–Crippen MR) is 69.3 cm³/mol. The van der Waals surface area contributed by atoms with Crippen molar-refractivity contribution in [3.63, 3.8) is 0 Å². The Balaban J connectivity index is 2.07. The molecule has 0 aromatic rings. The standard InChI is InChI=1S/C14H28N2/c1-9-5-11(3)14(13(15)7-9)16-8-10(2)6-12(16)4/h9-14H,5-8,15H2,1-4H3. The van der Waals surface area contributed by atoms with Crippen LogP contribution in [0.15, 0.2) is 0 Å². The molecular formula is C14H28N2. The second-order valence-corrected chi connectivity index (χ2v) is 6.59. The summed E-state index contributed by atoms with van der Waals surface area (Å²) in [4.78, 5) is 2.70. The van der Waals surface area contributed by atoms with E-state index in [9.17, 15) is 0 Å². The van der Waals surface area contributed by atoms with Gasteiger partial charge >= 0.3 is 0 Å². The SMILES string of the molecule is CC1CC(C)C(N2CC(C)CC2C)C(N)C1. The van der Waals surface area contributed by atoms with Crippen LogP contribution in [0.4, 0.5) is 0 Å². The van der Waals surface area contributed by atoms with Crippen molar-refractivity contribution < 1.29 is 0 Å². The molecule has 0 aromatic heterocycles. The molecule has 1 heterocycles. The zero-order valence-electron chi connectivity index (χ0n) is 11.3. The predicted octanol–water partition coefficient (Wildman–Crippen LogP) is 2.48. The van der Waals surface area contributed by atoms with Gasteiger partial charge in [0.1, 0.15) is 0 Å². The average Bonchev–Trinajstić information content (AvgIpc) is 2.43. The van der Waals surface area contributed by atoms with Gasteiger partial charge in [0.25, 0.3) is 0 Å².